The minimum absolute atomic E-state index is 0.307. The largest absolute Gasteiger partial charge is 0.233 e. The summed E-state index contributed by atoms with van der Waals surface area (Å²) in [6.07, 6.45) is 8.07. The first-order valence-electron chi connectivity index (χ1n) is 8.33. The van der Waals surface area contributed by atoms with Crippen LogP contribution in [0.2, 0.25) is 0 Å². The smallest absolute Gasteiger partial charge is 0.165 e. The molecule has 0 N–H and O–H groups in total. The first-order valence-corrected chi connectivity index (χ1v) is 8.33. The van der Waals surface area contributed by atoms with E-state index < -0.39 is 5.67 Å². The molecule has 3 rings (SSSR count). The number of alkyl halides is 1. The second-order valence-corrected chi connectivity index (χ2v) is 6.15. The van der Waals surface area contributed by atoms with Gasteiger partial charge in [-0.15, -0.1) is 0 Å². The van der Waals surface area contributed by atoms with Crippen molar-refractivity contribution < 1.29 is 4.39 Å². The average Bonchev–Trinajstić information content (AvgIpc) is 2.63. The predicted octanol–water partition coefficient (Wildman–Crippen LogP) is 5.72. The third kappa shape index (κ3) is 3.03. The highest BCUT2D eigenvalue weighted by molar-refractivity contribution is 5.76. The van der Waals surface area contributed by atoms with Gasteiger partial charge in [0.05, 0.1) is 11.6 Å². The molecule has 120 valence electrons. The first-order chi connectivity index (χ1) is 11.7. The fourth-order valence-corrected chi connectivity index (χ4v) is 3.18. The van der Waals surface area contributed by atoms with Gasteiger partial charge in [0.15, 0.2) is 5.67 Å². The fourth-order valence-electron chi connectivity index (χ4n) is 3.18. The molecule has 0 spiro atoms. The van der Waals surface area contributed by atoms with Gasteiger partial charge >= 0.3 is 0 Å². The molecule has 0 amide bonds. The highest BCUT2D eigenvalue weighted by Crippen LogP contribution is 2.45. The van der Waals surface area contributed by atoms with Crippen LogP contribution < -0.4 is 0 Å². The summed E-state index contributed by atoms with van der Waals surface area (Å²) >= 11 is 0. The summed E-state index contributed by atoms with van der Waals surface area (Å²) < 4.78 is 15.9. The Morgan fingerprint density at radius 3 is 2.42 bits per heavy atom. The number of nitrogens with zero attached hydrogens (tertiary/aromatic N) is 1. The summed E-state index contributed by atoms with van der Waals surface area (Å²) in [6, 6.07) is 17.1. The lowest BCUT2D eigenvalue weighted by Gasteiger charge is -2.30. The number of allylic oxidation sites excluding steroid dienone is 4. The zero-order chi connectivity index (χ0) is 17.0. The maximum atomic E-state index is 15.9. The molecule has 0 radical (unpaired) electrons. The average molecular weight is 317 g/mol. The van der Waals surface area contributed by atoms with Crippen molar-refractivity contribution in [2.24, 2.45) is 0 Å². The number of nitriles is 1. The molecule has 2 aromatic carbocycles. The Balaban J connectivity index is 1.99. The molecule has 24 heavy (non-hydrogen) atoms. The van der Waals surface area contributed by atoms with Gasteiger partial charge in [-0.2, -0.15) is 5.26 Å². The SMILES string of the molecule is CCCc1ccc(C2=CC=CCC2(F)c2ccc(C#N)cc2)cc1. The predicted molar refractivity (Wildman–Crippen MR) is 96.1 cm³/mol. The lowest BCUT2D eigenvalue weighted by atomic mass is 9.78. The number of aryl methyl sites for hydroxylation is 1. The Kier molecular flexibility index (Phi) is 4.62. The van der Waals surface area contributed by atoms with Crippen LogP contribution in [0.4, 0.5) is 4.39 Å². The fraction of sp³-hybridized carbons (Fsp3) is 0.227. The van der Waals surface area contributed by atoms with E-state index in [1.807, 2.05) is 30.4 Å². The number of halogens is 1. The lowest BCUT2D eigenvalue weighted by molar-refractivity contribution is 0.250. The summed E-state index contributed by atoms with van der Waals surface area (Å²) in [4.78, 5) is 0. The van der Waals surface area contributed by atoms with Gasteiger partial charge < -0.3 is 0 Å². The molecule has 0 aliphatic heterocycles. The van der Waals surface area contributed by atoms with E-state index in [0.29, 0.717) is 23.1 Å². The van der Waals surface area contributed by atoms with Gasteiger partial charge in [-0.3, -0.25) is 0 Å². The molecule has 2 heteroatoms. The van der Waals surface area contributed by atoms with Gasteiger partial charge in [0.25, 0.3) is 0 Å². The van der Waals surface area contributed by atoms with Crippen LogP contribution in [0.25, 0.3) is 5.57 Å². The zero-order valence-electron chi connectivity index (χ0n) is 13.8. The van der Waals surface area contributed by atoms with Crippen molar-refractivity contribution >= 4 is 5.57 Å². The maximum Gasteiger partial charge on any atom is 0.165 e. The van der Waals surface area contributed by atoms with Gasteiger partial charge in [-0.1, -0.05) is 68.0 Å². The first kappa shape index (κ1) is 16.2. The molecule has 1 nitrogen and oxygen atoms in total. The molecule has 2 aromatic rings. The second-order valence-electron chi connectivity index (χ2n) is 6.15. The summed E-state index contributed by atoms with van der Waals surface area (Å²) in [6.45, 7) is 2.15. The highest BCUT2D eigenvalue weighted by atomic mass is 19.1. The van der Waals surface area contributed by atoms with E-state index in [1.165, 1.54) is 5.56 Å². The highest BCUT2D eigenvalue weighted by Gasteiger charge is 2.37. The van der Waals surface area contributed by atoms with E-state index in [0.717, 1.165) is 18.4 Å². The molecule has 0 fully saturated rings. The summed E-state index contributed by atoms with van der Waals surface area (Å²) in [5, 5.41) is 8.94. The minimum Gasteiger partial charge on any atom is -0.233 e. The van der Waals surface area contributed by atoms with E-state index in [1.54, 1.807) is 24.3 Å². The van der Waals surface area contributed by atoms with Crippen molar-refractivity contribution in [3.8, 4) is 6.07 Å². The van der Waals surface area contributed by atoms with Gasteiger partial charge in [0.1, 0.15) is 0 Å². The molecule has 0 saturated carbocycles. The molecule has 1 atom stereocenters. The normalized spacial score (nSPS) is 19.6. The molecular weight excluding hydrogens is 297 g/mol. The zero-order valence-corrected chi connectivity index (χ0v) is 13.8. The Bertz CT molecular complexity index is 807. The van der Waals surface area contributed by atoms with Crippen molar-refractivity contribution in [2.75, 3.05) is 0 Å². The second kappa shape index (κ2) is 6.84. The number of rotatable bonds is 4. The lowest BCUT2D eigenvalue weighted by Crippen LogP contribution is -2.23. The Morgan fingerprint density at radius 2 is 1.79 bits per heavy atom. The Hall–Kier alpha value is -2.66. The van der Waals surface area contributed by atoms with E-state index >= 15 is 4.39 Å². The third-order valence-electron chi connectivity index (χ3n) is 4.50. The van der Waals surface area contributed by atoms with E-state index in [-0.39, 0.29) is 0 Å². The van der Waals surface area contributed by atoms with Crippen LogP contribution in [0.1, 0.15) is 42.0 Å². The summed E-state index contributed by atoms with van der Waals surface area (Å²) in [5.74, 6) is 0. The summed E-state index contributed by atoms with van der Waals surface area (Å²) in [5.41, 5.74) is 2.44. The number of benzene rings is 2. The molecule has 1 aliphatic rings. The van der Waals surface area contributed by atoms with Crippen LogP contribution in [0.3, 0.4) is 0 Å². The molecular formula is C22H20FN. The van der Waals surface area contributed by atoms with Crippen LogP contribution in [0.5, 0.6) is 0 Å². The molecule has 1 unspecified atom stereocenters. The van der Waals surface area contributed by atoms with Crippen LogP contribution in [-0.2, 0) is 12.1 Å². The van der Waals surface area contributed by atoms with E-state index in [9.17, 15) is 0 Å². The van der Waals surface area contributed by atoms with Crippen LogP contribution in [0, 0.1) is 11.3 Å². The van der Waals surface area contributed by atoms with Crippen molar-refractivity contribution in [3.63, 3.8) is 0 Å². The Morgan fingerprint density at radius 1 is 1.08 bits per heavy atom. The van der Waals surface area contributed by atoms with Crippen molar-refractivity contribution in [1.29, 1.82) is 5.26 Å². The molecule has 0 saturated heterocycles. The van der Waals surface area contributed by atoms with E-state index in [2.05, 4.69) is 25.1 Å². The maximum absolute atomic E-state index is 15.9. The summed E-state index contributed by atoms with van der Waals surface area (Å²) in [7, 11) is 0. The number of hydrogen-bond donors (Lipinski definition) is 0. The molecule has 0 bridgehead atoms. The van der Waals surface area contributed by atoms with Crippen molar-refractivity contribution in [1.82, 2.24) is 0 Å². The standard InChI is InChI=1S/C22H20FN/c1-2-5-17-7-11-19(12-8-17)21-6-3-4-15-22(21,23)20-13-9-18(16-24)10-14-20/h3-4,6-14H,2,5,15H2,1H3. The van der Waals surface area contributed by atoms with E-state index in [4.69, 9.17) is 5.26 Å². The van der Waals surface area contributed by atoms with Gasteiger partial charge in [0.2, 0.25) is 0 Å². The third-order valence-corrected chi connectivity index (χ3v) is 4.50. The monoisotopic (exact) mass is 317 g/mol. The van der Waals surface area contributed by atoms with Gasteiger partial charge in [-0.05, 0) is 35.2 Å². The molecule has 1 aliphatic carbocycles. The van der Waals surface area contributed by atoms with Crippen LogP contribution in [0.15, 0.2) is 66.8 Å². The minimum atomic E-state index is -1.56. The topological polar surface area (TPSA) is 23.8 Å². The van der Waals surface area contributed by atoms with Crippen molar-refractivity contribution in [3.05, 3.63) is 89.0 Å². The van der Waals surface area contributed by atoms with Gasteiger partial charge in [-0.25, -0.2) is 4.39 Å². The molecule has 0 heterocycles. The molecule has 0 aromatic heterocycles. The van der Waals surface area contributed by atoms with Gasteiger partial charge in [0, 0.05) is 12.0 Å². The van der Waals surface area contributed by atoms with Crippen molar-refractivity contribution in [2.45, 2.75) is 31.9 Å². The van der Waals surface area contributed by atoms with Crippen LogP contribution in [-0.4, -0.2) is 0 Å². The quantitative estimate of drug-likeness (QED) is 0.707. The Labute approximate surface area is 142 Å². The number of hydrogen-bond acceptors (Lipinski definition) is 1. The van der Waals surface area contributed by atoms with Crippen LogP contribution >= 0.6 is 0 Å².